The van der Waals surface area contributed by atoms with Crippen LogP contribution in [0.1, 0.15) is 60.1 Å². The Morgan fingerprint density at radius 3 is 2.26 bits per heavy atom. The van der Waals surface area contributed by atoms with E-state index in [1.165, 1.54) is 30.4 Å². The highest BCUT2D eigenvalue weighted by molar-refractivity contribution is 5.96. The Labute approximate surface area is 200 Å². The van der Waals surface area contributed by atoms with Crippen molar-refractivity contribution < 1.29 is 9.72 Å². The molecule has 0 radical (unpaired) electrons. The fourth-order valence-corrected chi connectivity index (χ4v) is 7.53. The maximum Gasteiger partial charge on any atom is 0.320 e. The van der Waals surface area contributed by atoms with Gasteiger partial charge in [0.2, 0.25) is 5.69 Å². The second kappa shape index (κ2) is 8.18. The van der Waals surface area contributed by atoms with Crippen LogP contribution in [0.3, 0.4) is 0 Å². The number of carbonyl (C=O) groups is 1. The van der Waals surface area contributed by atoms with Gasteiger partial charge in [0.1, 0.15) is 6.20 Å². The summed E-state index contributed by atoms with van der Waals surface area (Å²) >= 11 is 0. The Bertz CT molecular complexity index is 1080. The Hall–Kier alpha value is -2.74. The van der Waals surface area contributed by atoms with Crippen LogP contribution in [-0.2, 0) is 12.1 Å². The highest BCUT2D eigenvalue weighted by Gasteiger charge is 2.53. The first-order valence-corrected chi connectivity index (χ1v) is 12.7. The van der Waals surface area contributed by atoms with Crippen molar-refractivity contribution in [2.24, 2.45) is 17.8 Å². The Morgan fingerprint density at radius 2 is 1.68 bits per heavy atom. The van der Waals surface area contributed by atoms with Crippen molar-refractivity contribution in [3.8, 4) is 0 Å². The predicted molar refractivity (Wildman–Crippen MR) is 127 cm³/mol. The van der Waals surface area contributed by atoms with E-state index in [2.05, 4.69) is 35.1 Å². The van der Waals surface area contributed by atoms with Crippen LogP contribution in [0.15, 0.2) is 30.5 Å². The summed E-state index contributed by atoms with van der Waals surface area (Å²) in [5.74, 6) is 1.81. The molecule has 8 nitrogen and oxygen atoms in total. The van der Waals surface area contributed by atoms with Gasteiger partial charge in [-0.15, -0.1) is 0 Å². The van der Waals surface area contributed by atoms with Gasteiger partial charge >= 0.3 is 5.69 Å². The summed E-state index contributed by atoms with van der Waals surface area (Å²) in [6, 6.07) is 8.37. The molecule has 8 heteroatoms. The minimum Gasteiger partial charge on any atom is -0.334 e. The lowest BCUT2D eigenvalue weighted by molar-refractivity contribution is -0.385. The van der Waals surface area contributed by atoms with E-state index in [0.717, 1.165) is 38.9 Å². The molecule has 4 aliphatic carbocycles. The molecule has 4 saturated carbocycles. The third-order valence-electron chi connectivity index (χ3n) is 8.90. The SMILES string of the molecule is Cc1ccccc1CN1CCN(C(=O)c2nn(C34CC5CC(CC(C5)C3)C4)cc2[N+](=O)[O-])CC1. The van der Waals surface area contributed by atoms with Gasteiger partial charge in [-0.3, -0.25) is 24.5 Å². The molecule has 1 amide bonds. The molecule has 4 bridgehead atoms. The second-order valence-electron chi connectivity index (χ2n) is 11.2. The fourth-order valence-electron chi connectivity index (χ4n) is 7.53. The number of carbonyl (C=O) groups excluding carboxylic acids is 1. The van der Waals surface area contributed by atoms with E-state index in [0.29, 0.717) is 30.8 Å². The maximum atomic E-state index is 13.4. The average Bonchev–Trinajstić information content (AvgIpc) is 3.27. The second-order valence-corrected chi connectivity index (χ2v) is 11.2. The number of aromatic nitrogens is 2. The van der Waals surface area contributed by atoms with Crippen LogP contribution in [0.5, 0.6) is 0 Å². The summed E-state index contributed by atoms with van der Waals surface area (Å²) in [4.78, 5) is 29.0. The maximum absolute atomic E-state index is 13.4. The van der Waals surface area contributed by atoms with E-state index in [4.69, 9.17) is 0 Å². The molecule has 2 heterocycles. The molecule has 0 N–H and O–H groups in total. The lowest BCUT2D eigenvalue weighted by atomic mass is 9.53. The van der Waals surface area contributed by atoms with Gasteiger partial charge in [0.15, 0.2) is 0 Å². The van der Waals surface area contributed by atoms with Gasteiger partial charge < -0.3 is 4.90 Å². The van der Waals surface area contributed by atoms with Gasteiger partial charge in [-0.1, -0.05) is 24.3 Å². The van der Waals surface area contributed by atoms with Gasteiger partial charge in [-0.25, -0.2) is 0 Å². The third kappa shape index (κ3) is 3.72. The topological polar surface area (TPSA) is 84.5 Å². The Balaban J connectivity index is 1.19. The monoisotopic (exact) mass is 463 g/mol. The molecule has 0 unspecified atom stereocenters. The zero-order valence-corrected chi connectivity index (χ0v) is 19.9. The molecule has 1 aromatic carbocycles. The van der Waals surface area contributed by atoms with Crippen molar-refractivity contribution in [2.75, 3.05) is 26.2 Å². The summed E-state index contributed by atoms with van der Waals surface area (Å²) in [7, 11) is 0. The average molecular weight is 464 g/mol. The first-order chi connectivity index (χ1) is 16.4. The predicted octanol–water partition coefficient (Wildman–Crippen LogP) is 3.98. The first kappa shape index (κ1) is 21.8. The van der Waals surface area contributed by atoms with E-state index in [1.54, 1.807) is 11.1 Å². The van der Waals surface area contributed by atoms with Crippen LogP contribution in [0.4, 0.5) is 5.69 Å². The zero-order chi connectivity index (χ0) is 23.4. The molecule has 7 rings (SSSR count). The molecule has 0 spiro atoms. The van der Waals surface area contributed by atoms with E-state index < -0.39 is 4.92 Å². The molecular weight excluding hydrogens is 430 g/mol. The normalized spacial score (nSPS) is 30.6. The van der Waals surface area contributed by atoms with Crippen molar-refractivity contribution in [1.82, 2.24) is 19.6 Å². The molecular formula is C26H33N5O3. The highest BCUT2D eigenvalue weighted by Crippen LogP contribution is 2.58. The van der Waals surface area contributed by atoms with Crippen molar-refractivity contribution in [2.45, 2.75) is 57.5 Å². The van der Waals surface area contributed by atoms with Crippen molar-refractivity contribution in [1.29, 1.82) is 0 Å². The number of hydrogen-bond donors (Lipinski definition) is 0. The standard InChI is InChI=1S/C26H33N5O3/c1-18-4-2-3-5-22(18)16-28-6-8-29(9-7-28)25(32)24-23(31(33)34)17-30(27-24)26-13-19-10-20(14-26)12-21(11-19)15-26/h2-5,17,19-21H,6-16H2,1H3. The molecule has 180 valence electrons. The number of hydrogen-bond acceptors (Lipinski definition) is 5. The van der Waals surface area contributed by atoms with E-state index in [1.807, 2.05) is 10.7 Å². The van der Waals surface area contributed by atoms with Crippen LogP contribution in [-0.4, -0.2) is 56.6 Å². The van der Waals surface area contributed by atoms with Gasteiger partial charge in [0.05, 0.1) is 10.5 Å². The summed E-state index contributed by atoms with van der Waals surface area (Å²) in [6.45, 7) is 5.61. The summed E-state index contributed by atoms with van der Waals surface area (Å²) in [5.41, 5.74) is 2.32. The largest absolute Gasteiger partial charge is 0.334 e. The number of amides is 1. The minimum absolute atomic E-state index is 0.0214. The summed E-state index contributed by atoms with van der Waals surface area (Å²) in [5, 5.41) is 16.6. The number of nitro groups is 1. The zero-order valence-electron chi connectivity index (χ0n) is 19.9. The van der Waals surface area contributed by atoms with E-state index in [-0.39, 0.29) is 22.8 Å². The lowest BCUT2D eigenvalue weighted by Gasteiger charge is -2.56. The summed E-state index contributed by atoms with van der Waals surface area (Å²) in [6.07, 6.45) is 8.58. The van der Waals surface area contributed by atoms with Crippen LogP contribution < -0.4 is 0 Å². The van der Waals surface area contributed by atoms with Gasteiger partial charge in [-0.2, -0.15) is 5.10 Å². The third-order valence-corrected chi connectivity index (χ3v) is 8.90. The Kier molecular flexibility index (Phi) is 5.24. The van der Waals surface area contributed by atoms with Crippen molar-refractivity contribution in [3.05, 3.63) is 57.4 Å². The fraction of sp³-hybridized carbons (Fsp3) is 0.615. The number of rotatable bonds is 5. The summed E-state index contributed by atoms with van der Waals surface area (Å²) < 4.78 is 1.84. The number of benzene rings is 1. The van der Waals surface area contributed by atoms with Crippen molar-refractivity contribution in [3.63, 3.8) is 0 Å². The van der Waals surface area contributed by atoms with E-state index in [9.17, 15) is 14.9 Å². The van der Waals surface area contributed by atoms with E-state index >= 15 is 0 Å². The highest BCUT2D eigenvalue weighted by atomic mass is 16.6. The minimum atomic E-state index is -0.425. The molecule has 5 aliphatic rings. The van der Waals surface area contributed by atoms with Gasteiger partial charge in [-0.05, 0) is 74.3 Å². The molecule has 34 heavy (non-hydrogen) atoms. The molecule has 2 aromatic rings. The smallest absolute Gasteiger partial charge is 0.320 e. The molecule has 5 fully saturated rings. The number of aryl methyl sites for hydroxylation is 1. The van der Waals surface area contributed by atoms with Gasteiger partial charge in [0, 0.05) is 32.7 Å². The molecule has 1 aliphatic heterocycles. The molecule has 0 atom stereocenters. The lowest BCUT2D eigenvalue weighted by Crippen LogP contribution is -2.52. The number of nitrogens with zero attached hydrogens (tertiary/aromatic N) is 5. The van der Waals surface area contributed by atoms with Gasteiger partial charge in [0.25, 0.3) is 5.91 Å². The van der Waals surface area contributed by atoms with Crippen LogP contribution >= 0.6 is 0 Å². The molecule has 1 saturated heterocycles. The van der Waals surface area contributed by atoms with Crippen molar-refractivity contribution >= 4 is 11.6 Å². The Morgan fingerprint density at radius 1 is 1.06 bits per heavy atom. The quantitative estimate of drug-likeness (QED) is 0.495. The number of piperazine rings is 1. The van der Waals surface area contributed by atoms with Crippen LogP contribution in [0, 0.1) is 34.8 Å². The molecule has 1 aromatic heterocycles. The first-order valence-electron chi connectivity index (χ1n) is 12.7. The van der Waals surface area contributed by atoms with Crippen LogP contribution in [0.2, 0.25) is 0 Å². The van der Waals surface area contributed by atoms with Crippen LogP contribution in [0.25, 0.3) is 0 Å².